The topological polar surface area (TPSA) is 100 Å². The van der Waals surface area contributed by atoms with Crippen molar-refractivity contribution in [1.29, 1.82) is 0 Å². The van der Waals surface area contributed by atoms with Crippen LogP contribution in [0.2, 0.25) is 0 Å². The molecule has 2 aromatic rings. The van der Waals surface area contributed by atoms with E-state index in [1.165, 1.54) is 0 Å². The second-order valence-electron chi connectivity index (χ2n) is 6.63. The average molecular weight is 396 g/mol. The summed E-state index contributed by atoms with van der Waals surface area (Å²) in [6, 6.07) is 16.4. The number of nitrogens with zero attached hydrogens (tertiary/aromatic N) is 1. The molecular formula is C22H24N2O5. The van der Waals surface area contributed by atoms with E-state index in [9.17, 15) is 10.0 Å². The van der Waals surface area contributed by atoms with Crippen molar-refractivity contribution in [2.45, 2.75) is 24.5 Å². The number of carbonyl (C=O) groups is 1. The molecule has 1 heterocycles. The Morgan fingerprint density at radius 3 is 2.59 bits per heavy atom. The van der Waals surface area contributed by atoms with Gasteiger partial charge in [0.2, 0.25) is 5.90 Å². The van der Waals surface area contributed by atoms with Gasteiger partial charge in [0.1, 0.15) is 5.75 Å². The van der Waals surface area contributed by atoms with Gasteiger partial charge >= 0.3 is 0 Å². The molecule has 0 fully saturated rings. The van der Waals surface area contributed by atoms with Crippen molar-refractivity contribution in [1.82, 2.24) is 5.48 Å². The van der Waals surface area contributed by atoms with Gasteiger partial charge < -0.3 is 14.6 Å². The summed E-state index contributed by atoms with van der Waals surface area (Å²) in [5.74, 6) is 0.294. The molecule has 7 heteroatoms. The zero-order valence-electron chi connectivity index (χ0n) is 16.0. The number of hydrogen-bond donors (Lipinski definition) is 3. The van der Waals surface area contributed by atoms with Crippen LogP contribution < -0.4 is 10.2 Å². The molecule has 0 bridgehead atoms. The van der Waals surface area contributed by atoms with Crippen LogP contribution in [0.15, 0.2) is 72.2 Å². The molecule has 0 aromatic heterocycles. The Balaban J connectivity index is 1.94. The van der Waals surface area contributed by atoms with E-state index in [1.807, 2.05) is 30.3 Å². The number of ether oxygens (including phenoxy) is 2. The van der Waals surface area contributed by atoms with Crippen LogP contribution in [0.1, 0.15) is 30.1 Å². The van der Waals surface area contributed by atoms with Crippen LogP contribution in [0, 0.1) is 0 Å². The van der Waals surface area contributed by atoms with Gasteiger partial charge in [0.05, 0.1) is 6.61 Å². The number of aliphatic imine (C=N–C) groups is 1. The second-order valence-corrected chi connectivity index (χ2v) is 6.63. The Morgan fingerprint density at radius 2 is 1.97 bits per heavy atom. The minimum Gasteiger partial charge on any atom is -0.494 e. The number of hydroxylamine groups is 1. The van der Waals surface area contributed by atoms with Crippen molar-refractivity contribution in [3.8, 4) is 5.75 Å². The highest BCUT2D eigenvalue weighted by Gasteiger charge is 2.52. The van der Waals surface area contributed by atoms with E-state index in [4.69, 9.17) is 14.6 Å². The highest BCUT2D eigenvalue weighted by atomic mass is 16.5. The number of carbonyl (C=O) groups excluding carboxylic acids is 1. The van der Waals surface area contributed by atoms with Gasteiger partial charge in [-0.25, -0.2) is 10.5 Å². The summed E-state index contributed by atoms with van der Waals surface area (Å²) in [6.07, 6.45) is 1.60. The van der Waals surface area contributed by atoms with E-state index in [2.05, 4.69) is 11.6 Å². The first-order valence-electron chi connectivity index (χ1n) is 9.35. The third kappa shape index (κ3) is 4.31. The summed E-state index contributed by atoms with van der Waals surface area (Å²) in [5, 5.41) is 18.2. The molecule has 0 radical (unpaired) electrons. The molecule has 3 N–H and O–H groups in total. The Labute approximate surface area is 169 Å². The maximum atomic E-state index is 12.7. The maximum Gasteiger partial charge on any atom is 0.275 e. The van der Waals surface area contributed by atoms with Gasteiger partial charge in [0, 0.05) is 25.0 Å². The third-order valence-electron chi connectivity index (χ3n) is 4.69. The van der Waals surface area contributed by atoms with Gasteiger partial charge in [0.15, 0.2) is 11.6 Å². The monoisotopic (exact) mass is 396 g/mol. The number of amides is 1. The molecule has 0 saturated carbocycles. The van der Waals surface area contributed by atoms with E-state index < -0.39 is 17.6 Å². The highest BCUT2D eigenvalue weighted by molar-refractivity contribution is 6.00. The van der Waals surface area contributed by atoms with E-state index in [0.29, 0.717) is 30.2 Å². The van der Waals surface area contributed by atoms with E-state index in [1.54, 1.807) is 35.8 Å². The van der Waals surface area contributed by atoms with Crippen molar-refractivity contribution in [3.05, 3.63) is 78.4 Å². The van der Waals surface area contributed by atoms with Gasteiger partial charge in [0.25, 0.3) is 5.91 Å². The molecule has 0 saturated heterocycles. The highest BCUT2D eigenvalue weighted by Crippen LogP contribution is 2.42. The Morgan fingerprint density at radius 1 is 1.24 bits per heavy atom. The molecule has 1 aliphatic heterocycles. The summed E-state index contributed by atoms with van der Waals surface area (Å²) >= 11 is 0. The molecule has 2 aromatic carbocycles. The molecule has 29 heavy (non-hydrogen) atoms. The maximum absolute atomic E-state index is 12.7. The Bertz CT molecular complexity index is 867. The molecule has 1 aliphatic rings. The molecule has 152 valence electrons. The molecule has 0 spiro atoms. The molecular weight excluding hydrogens is 372 g/mol. The van der Waals surface area contributed by atoms with Crippen LogP contribution in [-0.4, -0.2) is 40.9 Å². The van der Waals surface area contributed by atoms with Crippen LogP contribution in [0.25, 0.3) is 0 Å². The van der Waals surface area contributed by atoms with Crippen molar-refractivity contribution >= 4 is 11.8 Å². The SMILES string of the molecule is C=CC[C@]1(C(=O)NO)N=C(c2ccc(OCCCO)cc2)O[C@H]1c1ccccc1. The standard InChI is InChI=1S/C22H24N2O5/c1-2-13-22(21(26)24-27)19(16-7-4-3-5-8-16)29-20(23-22)17-9-11-18(12-10-17)28-15-6-14-25/h2-5,7-12,19,25,27H,1,6,13-15H2,(H,24,26)/t19-,22-/m0/s1. The predicted octanol–water partition coefficient (Wildman–Crippen LogP) is 2.79. The van der Waals surface area contributed by atoms with Crippen molar-refractivity contribution in [2.24, 2.45) is 4.99 Å². The van der Waals surface area contributed by atoms with Crippen LogP contribution in [0.3, 0.4) is 0 Å². The van der Waals surface area contributed by atoms with Crippen LogP contribution >= 0.6 is 0 Å². The lowest BCUT2D eigenvalue weighted by Gasteiger charge is -2.28. The zero-order chi connectivity index (χ0) is 20.7. The number of aliphatic hydroxyl groups excluding tert-OH is 1. The van der Waals surface area contributed by atoms with Gasteiger partial charge in [-0.05, 0) is 29.8 Å². The number of aliphatic hydroxyl groups is 1. The zero-order valence-corrected chi connectivity index (χ0v) is 16.0. The summed E-state index contributed by atoms with van der Waals surface area (Å²) < 4.78 is 11.7. The molecule has 0 unspecified atom stereocenters. The van der Waals surface area contributed by atoms with E-state index >= 15 is 0 Å². The number of hydrogen-bond acceptors (Lipinski definition) is 6. The van der Waals surface area contributed by atoms with Gasteiger partial charge in [-0.1, -0.05) is 36.4 Å². The normalized spacial score (nSPS) is 20.5. The Hall–Kier alpha value is -3.16. The second kappa shape index (κ2) is 9.36. The summed E-state index contributed by atoms with van der Waals surface area (Å²) in [6.45, 7) is 4.23. The number of benzene rings is 2. The van der Waals surface area contributed by atoms with Crippen molar-refractivity contribution in [3.63, 3.8) is 0 Å². The van der Waals surface area contributed by atoms with Crippen molar-refractivity contribution < 1.29 is 24.6 Å². The third-order valence-corrected chi connectivity index (χ3v) is 4.69. The van der Waals surface area contributed by atoms with Crippen molar-refractivity contribution in [2.75, 3.05) is 13.2 Å². The lowest BCUT2D eigenvalue weighted by Crippen LogP contribution is -2.47. The quantitative estimate of drug-likeness (QED) is 0.262. The lowest BCUT2D eigenvalue weighted by molar-refractivity contribution is -0.137. The van der Waals surface area contributed by atoms with Gasteiger partial charge in [-0.15, -0.1) is 6.58 Å². The average Bonchev–Trinajstić information content (AvgIpc) is 3.15. The summed E-state index contributed by atoms with van der Waals surface area (Å²) in [4.78, 5) is 17.2. The smallest absolute Gasteiger partial charge is 0.275 e. The number of nitrogens with one attached hydrogen (secondary N) is 1. The molecule has 2 atom stereocenters. The van der Waals surface area contributed by atoms with Gasteiger partial charge in [-0.3, -0.25) is 10.0 Å². The molecule has 0 aliphatic carbocycles. The molecule has 1 amide bonds. The number of rotatable bonds is 9. The fourth-order valence-corrected chi connectivity index (χ4v) is 3.26. The first-order chi connectivity index (χ1) is 14.1. The van der Waals surface area contributed by atoms with Crippen LogP contribution in [0.5, 0.6) is 5.75 Å². The van der Waals surface area contributed by atoms with E-state index in [-0.39, 0.29) is 13.0 Å². The largest absolute Gasteiger partial charge is 0.494 e. The first-order valence-corrected chi connectivity index (χ1v) is 9.35. The van der Waals surface area contributed by atoms with E-state index in [0.717, 1.165) is 5.56 Å². The van der Waals surface area contributed by atoms with Crippen LogP contribution in [-0.2, 0) is 9.53 Å². The Kier molecular flexibility index (Phi) is 6.64. The molecule has 7 nitrogen and oxygen atoms in total. The lowest BCUT2D eigenvalue weighted by atomic mass is 9.85. The van der Waals surface area contributed by atoms with Gasteiger partial charge in [-0.2, -0.15) is 0 Å². The fraction of sp³-hybridized carbons (Fsp3) is 0.273. The summed E-state index contributed by atoms with van der Waals surface area (Å²) in [5.41, 5.74) is 1.80. The fourth-order valence-electron chi connectivity index (χ4n) is 3.26. The first kappa shape index (κ1) is 20.6. The summed E-state index contributed by atoms with van der Waals surface area (Å²) in [7, 11) is 0. The molecule has 3 rings (SSSR count). The minimum absolute atomic E-state index is 0.0713. The minimum atomic E-state index is -1.37. The van der Waals surface area contributed by atoms with Crippen LogP contribution in [0.4, 0.5) is 0 Å². The predicted molar refractivity (Wildman–Crippen MR) is 108 cm³/mol.